The summed E-state index contributed by atoms with van der Waals surface area (Å²) in [5.74, 6) is 0.0513. The highest BCUT2D eigenvalue weighted by atomic mass is 35.5. The van der Waals surface area contributed by atoms with Crippen LogP contribution in [-0.4, -0.2) is 14.3 Å². The van der Waals surface area contributed by atoms with Crippen molar-refractivity contribution in [3.63, 3.8) is 0 Å². The smallest absolute Gasteiger partial charge is 0.283 e. The minimum atomic E-state index is -3.88. The maximum absolute atomic E-state index is 12.3. The van der Waals surface area contributed by atoms with Crippen molar-refractivity contribution in [1.29, 1.82) is 5.26 Å². The van der Waals surface area contributed by atoms with Crippen LogP contribution in [0.2, 0.25) is 5.02 Å². The zero-order valence-electron chi connectivity index (χ0n) is 12.3. The van der Waals surface area contributed by atoms with Gasteiger partial charge in [0.25, 0.3) is 10.0 Å². The predicted molar refractivity (Wildman–Crippen MR) is 91.1 cm³/mol. The summed E-state index contributed by atoms with van der Waals surface area (Å²) in [5, 5.41) is 12.3. The standard InChI is InChI=1S/C16H14ClN3O2S/c1-12-2-8-15(9-3-12)23(21,22)20-16(10-11-18)19-14-6-4-13(17)5-7-14/h2-9H,10H2,1H3,(H,19,20). The molecule has 23 heavy (non-hydrogen) atoms. The molecule has 0 spiro atoms. The van der Waals surface area contributed by atoms with Gasteiger partial charge >= 0.3 is 0 Å². The van der Waals surface area contributed by atoms with Gasteiger partial charge in [-0.3, -0.25) is 0 Å². The average Bonchev–Trinajstić information content (AvgIpc) is 2.50. The molecule has 0 fully saturated rings. The lowest BCUT2D eigenvalue weighted by atomic mass is 10.2. The van der Waals surface area contributed by atoms with Crippen molar-refractivity contribution in [2.45, 2.75) is 18.2 Å². The third kappa shape index (κ3) is 4.81. The van der Waals surface area contributed by atoms with E-state index in [9.17, 15) is 8.42 Å². The zero-order chi connectivity index (χ0) is 16.9. The number of amidine groups is 1. The van der Waals surface area contributed by atoms with Crippen LogP contribution in [0.1, 0.15) is 12.0 Å². The quantitative estimate of drug-likeness (QED) is 0.674. The molecule has 0 unspecified atom stereocenters. The monoisotopic (exact) mass is 347 g/mol. The van der Waals surface area contributed by atoms with Crippen LogP contribution in [0, 0.1) is 18.3 Å². The first-order chi connectivity index (χ1) is 10.9. The first-order valence-electron chi connectivity index (χ1n) is 6.71. The molecule has 0 bridgehead atoms. The molecule has 2 rings (SSSR count). The Hall–Kier alpha value is -2.36. The fourth-order valence-electron chi connectivity index (χ4n) is 1.78. The lowest BCUT2D eigenvalue weighted by molar-refractivity contribution is 0.598. The van der Waals surface area contributed by atoms with Crippen molar-refractivity contribution >= 4 is 33.1 Å². The number of anilines is 1. The molecule has 0 aliphatic rings. The molecule has 2 aromatic carbocycles. The maximum atomic E-state index is 12.3. The molecule has 5 nitrogen and oxygen atoms in total. The minimum absolute atomic E-state index is 0.0513. The Balaban J connectivity index is 2.32. The summed E-state index contributed by atoms with van der Waals surface area (Å²) in [6.07, 6.45) is -0.159. The van der Waals surface area contributed by atoms with Crippen LogP contribution in [0.4, 0.5) is 5.69 Å². The second kappa shape index (κ2) is 7.27. The van der Waals surface area contributed by atoms with Crippen LogP contribution in [0.5, 0.6) is 0 Å². The molecule has 0 amide bonds. The lowest BCUT2D eigenvalue weighted by Crippen LogP contribution is -2.14. The third-order valence-electron chi connectivity index (χ3n) is 2.93. The summed E-state index contributed by atoms with van der Waals surface area (Å²) in [4.78, 5) is 0.0800. The number of rotatable bonds is 4. The number of halogens is 1. The summed E-state index contributed by atoms with van der Waals surface area (Å²) < 4.78 is 28.4. The first-order valence-corrected chi connectivity index (χ1v) is 8.52. The fraction of sp³-hybridized carbons (Fsp3) is 0.125. The molecule has 7 heteroatoms. The van der Waals surface area contributed by atoms with Gasteiger partial charge in [0.15, 0.2) is 0 Å². The summed E-state index contributed by atoms with van der Waals surface area (Å²) in [6, 6.07) is 14.9. The maximum Gasteiger partial charge on any atom is 0.283 e. The molecule has 0 radical (unpaired) electrons. The highest BCUT2D eigenvalue weighted by Crippen LogP contribution is 2.16. The second-order valence-corrected chi connectivity index (χ2v) is 6.83. The van der Waals surface area contributed by atoms with Gasteiger partial charge in [0, 0.05) is 10.7 Å². The SMILES string of the molecule is Cc1ccc(S(=O)(=O)/N=C(\CC#N)Nc2ccc(Cl)cc2)cc1. The van der Waals surface area contributed by atoms with Crippen molar-refractivity contribution in [3.8, 4) is 6.07 Å². The number of hydrogen-bond acceptors (Lipinski definition) is 3. The number of nitriles is 1. The molecule has 0 aromatic heterocycles. The highest BCUT2D eigenvalue weighted by molar-refractivity contribution is 7.90. The van der Waals surface area contributed by atoms with Crippen molar-refractivity contribution < 1.29 is 8.42 Å². The molecule has 1 N–H and O–H groups in total. The molecule has 118 valence electrons. The molecular weight excluding hydrogens is 334 g/mol. The average molecular weight is 348 g/mol. The largest absolute Gasteiger partial charge is 0.342 e. The third-order valence-corrected chi connectivity index (χ3v) is 4.51. The number of nitrogens with zero attached hydrogens (tertiary/aromatic N) is 2. The lowest BCUT2D eigenvalue weighted by Gasteiger charge is -2.08. The van der Waals surface area contributed by atoms with Gasteiger partial charge in [-0.15, -0.1) is 4.40 Å². The van der Waals surface area contributed by atoms with Gasteiger partial charge in [-0.05, 0) is 43.3 Å². The van der Waals surface area contributed by atoms with Crippen LogP contribution in [0.25, 0.3) is 0 Å². The van der Waals surface area contributed by atoms with E-state index in [1.165, 1.54) is 12.1 Å². The Morgan fingerprint density at radius 2 is 1.78 bits per heavy atom. The predicted octanol–water partition coefficient (Wildman–Crippen LogP) is 3.76. The van der Waals surface area contributed by atoms with Gasteiger partial charge in [0.05, 0.1) is 17.4 Å². The van der Waals surface area contributed by atoms with E-state index >= 15 is 0 Å². The van der Waals surface area contributed by atoms with Gasteiger partial charge in [0.2, 0.25) is 0 Å². The summed E-state index contributed by atoms with van der Waals surface area (Å²) >= 11 is 5.80. The van der Waals surface area contributed by atoms with E-state index in [-0.39, 0.29) is 17.2 Å². The Morgan fingerprint density at radius 1 is 1.17 bits per heavy atom. The van der Waals surface area contributed by atoms with Crippen LogP contribution in [-0.2, 0) is 10.0 Å². The van der Waals surface area contributed by atoms with Gasteiger partial charge in [0.1, 0.15) is 5.84 Å². The molecule has 0 heterocycles. The molecule has 0 saturated carbocycles. The Morgan fingerprint density at radius 3 is 2.35 bits per heavy atom. The van der Waals surface area contributed by atoms with Crippen LogP contribution in [0.15, 0.2) is 57.8 Å². The minimum Gasteiger partial charge on any atom is -0.342 e. The Kier molecular flexibility index (Phi) is 5.37. The molecule has 0 saturated heterocycles. The van der Waals surface area contributed by atoms with Crippen LogP contribution < -0.4 is 5.32 Å². The summed E-state index contributed by atoms with van der Waals surface area (Å²) in [5.41, 5.74) is 1.55. The van der Waals surface area contributed by atoms with Crippen LogP contribution >= 0.6 is 11.6 Å². The van der Waals surface area contributed by atoms with E-state index < -0.39 is 10.0 Å². The molecule has 0 aliphatic carbocycles. The van der Waals surface area contributed by atoms with E-state index in [4.69, 9.17) is 16.9 Å². The zero-order valence-corrected chi connectivity index (χ0v) is 13.9. The van der Waals surface area contributed by atoms with Gasteiger partial charge in [-0.25, -0.2) is 0 Å². The van der Waals surface area contributed by atoms with Crippen molar-refractivity contribution in [3.05, 3.63) is 59.1 Å². The second-order valence-electron chi connectivity index (χ2n) is 4.79. The van der Waals surface area contributed by atoms with Crippen LogP contribution in [0.3, 0.4) is 0 Å². The van der Waals surface area contributed by atoms with Crippen molar-refractivity contribution in [2.24, 2.45) is 4.40 Å². The first kappa shape index (κ1) is 17.0. The number of benzene rings is 2. The van der Waals surface area contributed by atoms with E-state index in [2.05, 4.69) is 9.71 Å². The van der Waals surface area contributed by atoms with E-state index in [1.54, 1.807) is 36.4 Å². The molecule has 0 aliphatic heterocycles. The van der Waals surface area contributed by atoms with Crippen molar-refractivity contribution in [2.75, 3.05) is 5.32 Å². The van der Waals surface area contributed by atoms with Crippen molar-refractivity contribution in [1.82, 2.24) is 0 Å². The topological polar surface area (TPSA) is 82.3 Å². The van der Waals surface area contributed by atoms with Gasteiger partial charge in [-0.1, -0.05) is 29.3 Å². The Labute approximate surface area is 140 Å². The number of aryl methyl sites for hydroxylation is 1. The van der Waals surface area contributed by atoms with Gasteiger partial charge in [-0.2, -0.15) is 13.7 Å². The van der Waals surface area contributed by atoms with E-state index in [0.29, 0.717) is 10.7 Å². The van der Waals surface area contributed by atoms with Gasteiger partial charge < -0.3 is 5.32 Å². The Bertz CT molecular complexity index is 852. The number of hydrogen-bond donors (Lipinski definition) is 1. The fourth-order valence-corrected chi connectivity index (χ4v) is 2.89. The highest BCUT2D eigenvalue weighted by Gasteiger charge is 2.14. The number of nitrogens with one attached hydrogen (secondary N) is 1. The molecular formula is C16H14ClN3O2S. The van der Waals surface area contributed by atoms with E-state index in [0.717, 1.165) is 5.56 Å². The molecule has 2 aromatic rings. The molecule has 0 atom stereocenters. The number of sulfonamides is 1. The van der Waals surface area contributed by atoms with E-state index in [1.807, 2.05) is 13.0 Å². The summed E-state index contributed by atoms with van der Waals surface area (Å²) in [6.45, 7) is 1.86. The summed E-state index contributed by atoms with van der Waals surface area (Å²) in [7, 11) is -3.88. The normalized spacial score (nSPS) is 11.8.